The maximum atomic E-state index is 13.0. The molecule has 0 atom stereocenters. The molecule has 0 fully saturated rings. The summed E-state index contributed by atoms with van der Waals surface area (Å²) in [6.07, 6.45) is 0. The van der Waals surface area contributed by atoms with Gasteiger partial charge in [-0.25, -0.2) is 4.98 Å². The number of amides is 1. The topological polar surface area (TPSA) is 94.4 Å². The molecule has 1 aromatic heterocycles. The second kappa shape index (κ2) is 7.24. The van der Waals surface area contributed by atoms with Crippen molar-refractivity contribution in [2.75, 3.05) is 11.9 Å². The number of non-ortho nitro benzene ring substituents is 1. The lowest BCUT2D eigenvalue weighted by Gasteiger charge is -2.12. The van der Waals surface area contributed by atoms with Crippen LogP contribution < -0.4 is 10.1 Å². The molecule has 4 aromatic rings. The van der Waals surface area contributed by atoms with Gasteiger partial charge in [-0.3, -0.25) is 20.2 Å². The number of nitro benzene ring substituents is 1. The first kappa shape index (κ1) is 17.9. The molecule has 0 aliphatic rings. The highest BCUT2D eigenvalue weighted by Gasteiger charge is 2.19. The molecule has 8 heteroatoms. The van der Waals surface area contributed by atoms with E-state index in [1.165, 1.54) is 23.5 Å². The number of anilines is 1. The molecular formula is C20H15N3O4S. The van der Waals surface area contributed by atoms with Gasteiger partial charge in [0.05, 0.1) is 27.3 Å². The Morgan fingerprint density at radius 2 is 2.04 bits per heavy atom. The van der Waals surface area contributed by atoms with Crippen LogP contribution in [0.15, 0.2) is 54.6 Å². The number of thiazole rings is 1. The van der Waals surface area contributed by atoms with Crippen LogP contribution in [0.25, 0.3) is 21.0 Å². The van der Waals surface area contributed by atoms with E-state index in [0.29, 0.717) is 33.3 Å². The molecule has 1 heterocycles. The first-order valence-corrected chi connectivity index (χ1v) is 9.39. The zero-order valence-corrected chi connectivity index (χ0v) is 15.7. The SMILES string of the molecule is CCOc1ccc2ccccc2c1C(=O)Nc1nc2ccc([N+](=O)[O-])cc2s1. The third kappa shape index (κ3) is 3.25. The number of nitrogens with one attached hydrogen (secondary N) is 1. The van der Waals surface area contributed by atoms with Crippen LogP contribution in [-0.2, 0) is 0 Å². The molecule has 1 N–H and O–H groups in total. The van der Waals surface area contributed by atoms with Crippen molar-refractivity contribution in [2.45, 2.75) is 6.92 Å². The van der Waals surface area contributed by atoms with Gasteiger partial charge in [-0.2, -0.15) is 0 Å². The molecule has 3 aromatic carbocycles. The highest BCUT2D eigenvalue weighted by atomic mass is 32.1. The van der Waals surface area contributed by atoms with Crippen molar-refractivity contribution in [1.29, 1.82) is 0 Å². The summed E-state index contributed by atoms with van der Waals surface area (Å²) < 4.78 is 6.28. The van der Waals surface area contributed by atoms with Crippen LogP contribution in [0.5, 0.6) is 5.75 Å². The van der Waals surface area contributed by atoms with Crippen molar-refractivity contribution >= 4 is 49.1 Å². The monoisotopic (exact) mass is 393 g/mol. The van der Waals surface area contributed by atoms with Crippen LogP contribution in [0.4, 0.5) is 10.8 Å². The number of carbonyl (C=O) groups excluding carboxylic acids is 1. The van der Waals surface area contributed by atoms with E-state index in [1.54, 1.807) is 12.1 Å². The van der Waals surface area contributed by atoms with E-state index in [4.69, 9.17) is 4.74 Å². The van der Waals surface area contributed by atoms with Gasteiger partial charge in [0.25, 0.3) is 11.6 Å². The number of rotatable bonds is 5. The molecule has 140 valence electrons. The van der Waals surface area contributed by atoms with Crippen molar-refractivity contribution in [3.05, 3.63) is 70.3 Å². The summed E-state index contributed by atoms with van der Waals surface area (Å²) in [5, 5.41) is 15.8. The average molecular weight is 393 g/mol. The molecule has 0 saturated heterocycles. The Hall–Kier alpha value is -3.52. The van der Waals surface area contributed by atoms with E-state index in [9.17, 15) is 14.9 Å². The van der Waals surface area contributed by atoms with Gasteiger partial charge in [0.15, 0.2) is 5.13 Å². The molecule has 0 bridgehead atoms. The molecule has 0 aliphatic heterocycles. The Balaban J connectivity index is 1.73. The minimum atomic E-state index is -0.456. The minimum Gasteiger partial charge on any atom is -0.493 e. The number of carbonyl (C=O) groups is 1. The average Bonchev–Trinajstić information content (AvgIpc) is 3.09. The predicted molar refractivity (Wildman–Crippen MR) is 109 cm³/mol. The summed E-state index contributed by atoms with van der Waals surface area (Å²) in [6.45, 7) is 2.29. The molecule has 7 nitrogen and oxygen atoms in total. The Kier molecular flexibility index (Phi) is 4.62. The quantitative estimate of drug-likeness (QED) is 0.380. The number of nitro groups is 1. The summed E-state index contributed by atoms with van der Waals surface area (Å²) in [4.78, 5) is 27.9. The van der Waals surface area contributed by atoms with E-state index >= 15 is 0 Å². The van der Waals surface area contributed by atoms with Gasteiger partial charge in [-0.05, 0) is 29.8 Å². The predicted octanol–water partition coefficient (Wildman–Crippen LogP) is 5.01. The second-order valence-corrected chi connectivity index (χ2v) is 7.01. The number of hydrogen-bond acceptors (Lipinski definition) is 6. The summed E-state index contributed by atoms with van der Waals surface area (Å²) in [5.41, 5.74) is 1.01. The Labute approximate surface area is 163 Å². The van der Waals surface area contributed by atoms with Crippen LogP contribution in [0, 0.1) is 10.1 Å². The zero-order valence-electron chi connectivity index (χ0n) is 14.8. The Bertz CT molecular complexity index is 1220. The normalized spacial score (nSPS) is 10.9. The number of hydrogen-bond donors (Lipinski definition) is 1. The number of aromatic nitrogens is 1. The van der Waals surface area contributed by atoms with Crippen LogP contribution in [0.1, 0.15) is 17.3 Å². The molecule has 0 aliphatic carbocycles. The molecule has 0 spiro atoms. The van der Waals surface area contributed by atoms with Gasteiger partial charge in [-0.1, -0.05) is 41.7 Å². The maximum absolute atomic E-state index is 13.0. The van der Waals surface area contributed by atoms with E-state index in [2.05, 4.69) is 10.3 Å². The lowest BCUT2D eigenvalue weighted by atomic mass is 10.0. The summed E-state index contributed by atoms with van der Waals surface area (Å²) in [5.74, 6) is 0.157. The first-order chi connectivity index (χ1) is 13.6. The van der Waals surface area contributed by atoms with Crippen LogP contribution in [-0.4, -0.2) is 22.4 Å². The lowest BCUT2D eigenvalue weighted by molar-refractivity contribution is -0.384. The zero-order chi connectivity index (χ0) is 19.7. The van der Waals surface area contributed by atoms with Gasteiger partial charge >= 0.3 is 0 Å². The fraction of sp³-hybridized carbons (Fsp3) is 0.100. The van der Waals surface area contributed by atoms with Crippen molar-refractivity contribution in [3.8, 4) is 5.75 Å². The Morgan fingerprint density at radius 1 is 1.21 bits per heavy atom. The third-order valence-corrected chi connectivity index (χ3v) is 5.15. The van der Waals surface area contributed by atoms with Crippen LogP contribution >= 0.6 is 11.3 Å². The standard InChI is InChI=1S/C20H15N3O4S/c1-2-27-16-10-7-12-5-3-4-6-14(12)18(16)19(24)22-20-21-15-9-8-13(23(25)26)11-17(15)28-20/h3-11H,2H2,1H3,(H,21,22,24). The smallest absolute Gasteiger partial charge is 0.270 e. The van der Waals surface area contributed by atoms with Gasteiger partial charge < -0.3 is 4.74 Å². The molecular weight excluding hydrogens is 378 g/mol. The summed E-state index contributed by atoms with van der Waals surface area (Å²) in [6, 6.07) is 15.7. The number of fused-ring (bicyclic) bond motifs is 2. The number of nitrogens with zero attached hydrogens (tertiary/aromatic N) is 2. The molecule has 1 amide bonds. The van der Waals surface area contributed by atoms with Crippen molar-refractivity contribution < 1.29 is 14.5 Å². The fourth-order valence-corrected chi connectivity index (χ4v) is 3.90. The van der Waals surface area contributed by atoms with Gasteiger partial charge in [0.2, 0.25) is 0 Å². The van der Waals surface area contributed by atoms with Gasteiger partial charge in [0, 0.05) is 12.1 Å². The van der Waals surface area contributed by atoms with E-state index in [-0.39, 0.29) is 11.6 Å². The maximum Gasteiger partial charge on any atom is 0.270 e. The number of benzene rings is 3. The highest BCUT2D eigenvalue weighted by molar-refractivity contribution is 7.22. The second-order valence-electron chi connectivity index (χ2n) is 5.98. The highest BCUT2D eigenvalue weighted by Crippen LogP contribution is 2.32. The van der Waals surface area contributed by atoms with Crippen molar-refractivity contribution in [2.24, 2.45) is 0 Å². The third-order valence-electron chi connectivity index (χ3n) is 4.22. The van der Waals surface area contributed by atoms with Crippen LogP contribution in [0.3, 0.4) is 0 Å². The van der Waals surface area contributed by atoms with Gasteiger partial charge in [0.1, 0.15) is 5.75 Å². The van der Waals surface area contributed by atoms with Crippen LogP contribution in [0.2, 0.25) is 0 Å². The largest absolute Gasteiger partial charge is 0.493 e. The fourth-order valence-electron chi connectivity index (χ4n) is 3.00. The van der Waals surface area contributed by atoms with Crippen molar-refractivity contribution in [3.63, 3.8) is 0 Å². The summed E-state index contributed by atoms with van der Waals surface area (Å²) >= 11 is 1.19. The Morgan fingerprint density at radius 3 is 2.82 bits per heavy atom. The number of ether oxygens (including phenoxy) is 1. The molecule has 4 rings (SSSR count). The molecule has 0 saturated carbocycles. The minimum absolute atomic E-state index is 0.0123. The lowest BCUT2D eigenvalue weighted by Crippen LogP contribution is -2.14. The molecule has 0 radical (unpaired) electrons. The van der Waals surface area contributed by atoms with Crippen molar-refractivity contribution in [1.82, 2.24) is 4.98 Å². The molecule has 0 unspecified atom stereocenters. The van der Waals surface area contributed by atoms with Gasteiger partial charge in [-0.15, -0.1) is 0 Å². The first-order valence-electron chi connectivity index (χ1n) is 8.57. The van der Waals surface area contributed by atoms with E-state index in [1.807, 2.05) is 37.3 Å². The van der Waals surface area contributed by atoms with E-state index in [0.717, 1.165) is 10.8 Å². The summed E-state index contributed by atoms with van der Waals surface area (Å²) in [7, 11) is 0. The van der Waals surface area contributed by atoms with E-state index < -0.39 is 4.92 Å². The molecule has 28 heavy (non-hydrogen) atoms.